The van der Waals surface area contributed by atoms with E-state index in [0.29, 0.717) is 0 Å². The summed E-state index contributed by atoms with van der Waals surface area (Å²) in [6, 6.07) is 0. The molecule has 0 aliphatic heterocycles. The number of rotatable bonds is 1. The first kappa shape index (κ1) is 10.8. The van der Waals surface area contributed by atoms with Gasteiger partial charge in [0.2, 0.25) is 0 Å². The second-order valence-electron chi connectivity index (χ2n) is 3.87. The molecule has 0 aromatic carbocycles. The van der Waals surface area contributed by atoms with E-state index >= 15 is 0 Å². The molecule has 0 spiro atoms. The molecular formula is C11H10O5. The highest BCUT2D eigenvalue weighted by molar-refractivity contribution is 6.20. The smallest absolute Gasteiger partial charge is 0.324 e. The standard InChI is InChI=1S/C11H10O5/c12-7-4-5-9(14)11(10(15)16)6(7)2-1-3-8(11)13/h1-3,8,13H,4-5H2,(H,15,16). The summed E-state index contributed by atoms with van der Waals surface area (Å²) in [7, 11) is 0. The minimum absolute atomic E-state index is 0.0141. The summed E-state index contributed by atoms with van der Waals surface area (Å²) in [6.45, 7) is 0. The third kappa shape index (κ3) is 1.12. The van der Waals surface area contributed by atoms with E-state index in [4.69, 9.17) is 0 Å². The molecule has 0 bridgehead atoms. The van der Waals surface area contributed by atoms with Crippen molar-refractivity contribution < 1.29 is 24.6 Å². The minimum atomic E-state index is -2.08. The van der Waals surface area contributed by atoms with Crippen LogP contribution < -0.4 is 0 Å². The molecule has 2 N–H and O–H groups in total. The number of carbonyl (C=O) groups excluding carboxylic acids is 2. The predicted octanol–water partition coefficient (Wildman–Crippen LogP) is -0.154. The van der Waals surface area contributed by atoms with Gasteiger partial charge in [0.25, 0.3) is 0 Å². The average Bonchev–Trinajstić information content (AvgIpc) is 2.23. The van der Waals surface area contributed by atoms with Gasteiger partial charge in [0.1, 0.15) is 0 Å². The lowest BCUT2D eigenvalue weighted by atomic mass is 9.63. The molecule has 1 saturated carbocycles. The molecule has 5 heteroatoms. The Morgan fingerprint density at radius 2 is 2.06 bits per heavy atom. The Labute approximate surface area is 91.1 Å². The Bertz CT molecular complexity index is 445. The molecule has 0 amide bonds. The fourth-order valence-electron chi connectivity index (χ4n) is 2.24. The second kappa shape index (κ2) is 3.38. The Morgan fingerprint density at radius 3 is 2.62 bits per heavy atom. The molecule has 2 atom stereocenters. The quantitative estimate of drug-likeness (QED) is 0.602. The third-order valence-corrected chi connectivity index (χ3v) is 3.08. The summed E-state index contributed by atoms with van der Waals surface area (Å²) in [5, 5.41) is 18.9. The number of hydrogen-bond acceptors (Lipinski definition) is 4. The number of aliphatic hydroxyl groups is 1. The number of carboxylic acid groups (broad SMARTS) is 1. The zero-order valence-electron chi connectivity index (χ0n) is 8.34. The van der Waals surface area contributed by atoms with Crippen molar-refractivity contribution in [3.8, 4) is 0 Å². The lowest BCUT2D eigenvalue weighted by Gasteiger charge is -2.37. The normalized spacial score (nSPS) is 33.3. The number of aliphatic hydroxyl groups excluding tert-OH is 1. The SMILES string of the molecule is O=C1CCC(=O)C2(C(=O)O)C1=CC=CC2O. The van der Waals surface area contributed by atoms with Crippen LogP contribution in [0.4, 0.5) is 0 Å². The fraction of sp³-hybridized carbons (Fsp3) is 0.364. The van der Waals surface area contributed by atoms with Crippen LogP contribution in [0.25, 0.3) is 0 Å². The van der Waals surface area contributed by atoms with Crippen molar-refractivity contribution in [3.05, 3.63) is 23.8 Å². The van der Waals surface area contributed by atoms with Crippen molar-refractivity contribution in [2.75, 3.05) is 0 Å². The van der Waals surface area contributed by atoms with Crippen LogP contribution in [0.2, 0.25) is 0 Å². The van der Waals surface area contributed by atoms with Crippen molar-refractivity contribution in [1.29, 1.82) is 0 Å². The number of Topliss-reactive ketones (excluding diaryl/α,β-unsaturated/α-hetero) is 2. The monoisotopic (exact) mass is 222 g/mol. The van der Waals surface area contributed by atoms with Gasteiger partial charge in [0.15, 0.2) is 17.0 Å². The lowest BCUT2D eigenvalue weighted by Crippen LogP contribution is -2.54. The van der Waals surface area contributed by atoms with Gasteiger partial charge in [-0.25, -0.2) is 0 Å². The molecule has 16 heavy (non-hydrogen) atoms. The molecule has 5 nitrogen and oxygen atoms in total. The molecule has 0 aromatic rings. The van der Waals surface area contributed by atoms with Crippen LogP contribution >= 0.6 is 0 Å². The zero-order chi connectivity index (χ0) is 11.9. The van der Waals surface area contributed by atoms with E-state index in [0.717, 1.165) is 0 Å². The van der Waals surface area contributed by atoms with Gasteiger partial charge in [-0.2, -0.15) is 0 Å². The van der Waals surface area contributed by atoms with E-state index in [1.165, 1.54) is 18.2 Å². The topological polar surface area (TPSA) is 91.7 Å². The number of allylic oxidation sites excluding steroid dienone is 2. The van der Waals surface area contributed by atoms with Gasteiger partial charge in [0, 0.05) is 18.4 Å². The number of ketones is 2. The van der Waals surface area contributed by atoms with Gasteiger partial charge < -0.3 is 10.2 Å². The summed E-state index contributed by atoms with van der Waals surface area (Å²) in [5.74, 6) is -2.46. The molecule has 2 unspecified atom stereocenters. The minimum Gasteiger partial charge on any atom is -0.480 e. The van der Waals surface area contributed by atoms with Crippen LogP contribution in [-0.4, -0.2) is 33.9 Å². The van der Waals surface area contributed by atoms with E-state index in [2.05, 4.69) is 0 Å². The van der Waals surface area contributed by atoms with Crippen molar-refractivity contribution >= 4 is 17.5 Å². The largest absolute Gasteiger partial charge is 0.480 e. The van der Waals surface area contributed by atoms with Crippen LogP contribution in [0.1, 0.15) is 12.8 Å². The molecule has 0 radical (unpaired) electrons. The van der Waals surface area contributed by atoms with Crippen LogP contribution in [0, 0.1) is 5.41 Å². The van der Waals surface area contributed by atoms with Crippen molar-refractivity contribution in [2.24, 2.45) is 5.41 Å². The highest BCUT2D eigenvalue weighted by Crippen LogP contribution is 2.42. The maximum atomic E-state index is 11.8. The highest BCUT2D eigenvalue weighted by Gasteiger charge is 2.58. The van der Waals surface area contributed by atoms with Gasteiger partial charge >= 0.3 is 5.97 Å². The van der Waals surface area contributed by atoms with Gasteiger partial charge in [-0.15, -0.1) is 0 Å². The molecule has 0 saturated heterocycles. The Morgan fingerprint density at radius 1 is 1.38 bits per heavy atom. The molecule has 2 aliphatic carbocycles. The molecule has 2 aliphatic rings. The predicted molar refractivity (Wildman–Crippen MR) is 52.5 cm³/mol. The molecule has 0 heterocycles. The van der Waals surface area contributed by atoms with E-state index in [1.54, 1.807) is 0 Å². The summed E-state index contributed by atoms with van der Waals surface area (Å²) in [6.07, 6.45) is 2.33. The van der Waals surface area contributed by atoms with Gasteiger partial charge in [-0.05, 0) is 0 Å². The van der Waals surface area contributed by atoms with E-state index in [9.17, 15) is 24.6 Å². The van der Waals surface area contributed by atoms with Crippen LogP contribution in [0.3, 0.4) is 0 Å². The molecule has 1 fully saturated rings. The van der Waals surface area contributed by atoms with E-state index < -0.39 is 23.3 Å². The Kier molecular flexibility index (Phi) is 2.27. The number of aliphatic carboxylic acids is 1. The molecular weight excluding hydrogens is 212 g/mol. The zero-order valence-corrected chi connectivity index (χ0v) is 8.34. The van der Waals surface area contributed by atoms with Crippen LogP contribution in [0.5, 0.6) is 0 Å². The van der Waals surface area contributed by atoms with Gasteiger partial charge in [-0.3, -0.25) is 14.4 Å². The maximum absolute atomic E-state index is 11.8. The Hall–Kier alpha value is -1.75. The average molecular weight is 222 g/mol. The number of hydrogen-bond donors (Lipinski definition) is 2. The molecule has 84 valence electrons. The first-order valence-corrected chi connectivity index (χ1v) is 4.88. The van der Waals surface area contributed by atoms with Crippen molar-refractivity contribution in [2.45, 2.75) is 18.9 Å². The fourth-order valence-corrected chi connectivity index (χ4v) is 2.24. The van der Waals surface area contributed by atoms with Gasteiger partial charge in [-0.1, -0.05) is 18.2 Å². The molecule has 2 rings (SSSR count). The number of carbonyl (C=O) groups is 3. The van der Waals surface area contributed by atoms with E-state index in [1.807, 2.05) is 0 Å². The van der Waals surface area contributed by atoms with Crippen LogP contribution in [-0.2, 0) is 14.4 Å². The van der Waals surface area contributed by atoms with Crippen LogP contribution in [0.15, 0.2) is 23.8 Å². The van der Waals surface area contributed by atoms with E-state index in [-0.39, 0.29) is 24.2 Å². The lowest BCUT2D eigenvalue weighted by molar-refractivity contribution is -0.160. The second-order valence-corrected chi connectivity index (χ2v) is 3.87. The number of carboxylic acids is 1. The Balaban J connectivity index is 2.66. The first-order chi connectivity index (χ1) is 7.51. The number of fused-ring (bicyclic) bond motifs is 1. The van der Waals surface area contributed by atoms with Crippen molar-refractivity contribution in [1.82, 2.24) is 0 Å². The maximum Gasteiger partial charge on any atom is 0.324 e. The summed E-state index contributed by atoms with van der Waals surface area (Å²) >= 11 is 0. The summed E-state index contributed by atoms with van der Waals surface area (Å²) in [4.78, 5) is 34.6. The first-order valence-electron chi connectivity index (χ1n) is 4.88. The third-order valence-electron chi connectivity index (χ3n) is 3.08. The van der Waals surface area contributed by atoms with Gasteiger partial charge in [0.05, 0.1) is 6.10 Å². The summed E-state index contributed by atoms with van der Waals surface area (Å²) in [5.41, 5.74) is -2.18. The highest BCUT2D eigenvalue weighted by atomic mass is 16.4. The molecule has 0 aromatic heterocycles. The van der Waals surface area contributed by atoms with Crippen molar-refractivity contribution in [3.63, 3.8) is 0 Å². The summed E-state index contributed by atoms with van der Waals surface area (Å²) < 4.78 is 0.